The number of allylic oxidation sites excluding steroid dienone is 1. The van der Waals surface area contributed by atoms with E-state index in [2.05, 4.69) is 10.4 Å². The Morgan fingerprint density at radius 1 is 1.39 bits per heavy atom. The summed E-state index contributed by atoms with van der Waals surface area (Å²) in [4.78, 5) is 12.1. The highest BCUT2D eigenvalue weighted by Crippen LogP contribution is 2.20. The summed E-state index contributed by atoms with van der Waals surface area (Å²) < 4.78 is 24.5. The maximum Gasteiger partial charge on any atom is 0.224 e. The van der Waals surface area contributed by atoms with Gasteiger partial charge in [0.25, 0.3) is 0 Å². The second kappa shape index (κ2) is 6.00. The average molecular weight is 331 g/mol. The Balaban J connectivity index is 1.68. The summed E-state index contributed by atoms with van der Waals surface area (Å²) in [5.74, 6) is -0.449. The normalized spacial score (nSPS) is 18.9. The number of nitrogens with zero attached hydrogens (tertiary/aromatic N) is 2. The van der Waals surface area contributed by atoms with Crippen LogP contribution in [0.5, 0.6) is 0 Å². The number of rotatable bonds is 4. The van der Waals surface area contributed by atoms with Crippen molar-refractivity contribution in [3.05, 3.63) is 53.7 Å². The molecule has 0 saturated heterocycles. The number of hydrogen-bond acceptors (Lipinski definition) is 4. The highest BCUT2D eigenvalue weighted by Gasteiger charge is 2.23. The number of amides is 1. The molecule has 3 rings (SSSR count). The van der Waals surface area contributed by atoms with E-state index in [9.17, 15) is 13.2 Å². The fraction of sp³-hybridized carbons (Fsp3) is 0.250. The standard InChI is InChI=1S/C16H17N3O3S/c1-12-5-7-17-19(12)15-4-2-3-14(10-15)18-16(20)9-13-6-8-23(21,22)11-13/h2-8,10,13H,9,11H2,1H3,(H,18,20)/t13-/m1/s1. The summed E-state index contributed by atoms with van der Waals surface area (Å²) in [6.07, 6.45) is 3.45. The second-order valence-corrected chi connectivity index (χ2v) is 7.54. The van der Waals surface area contributed by atoms with Crippen LogP contribution in [0.25, 0.3) is 5.69 Å². The smallest absolute Gasteiger partial charge is 0.224 e. The molecule has 1 aromatic carbocycles. The third-order valence-electron chi connectivity index (χ3n) is 3.66. The van der Waals surface area contributed by atoms with Gasteiger partial charge in [0.2, 0.25) is 5.91 Å². The SMILES string of the molecule is Cc1ccnn1-c1cccc(NC(=O)C[C@H]2C=CS(=O)(=O)C2)c1. The zero-order chi connectivity index (χ0) is 16.4. The van der Waals surface area contributed by atoms with Crippen molar-refractivity contribution < 1.29 is 13.2 Å². The van der Waals surface area contributed by atoms with E-state index < -0.39 is 9.84 Å². The van der Waals surface area contributed by atoms with Crippen LogP contribution in [-0.4, -0.2) is 29.9 Å². The van der Waals surface area contributed by atoms with Gasteiger partial charge in [-0.1, -0.05) is 12.1 Å². The molecule has 0 saturated carbocycles. The molecule has 0 radical (unpaired) electrons. The van der Waals surface area contributed by atoms with E-state index in [0.29, 0.717) is 5.69 Å². The zero-order valence-electron chi connectivity index (χ0n) is 12.6. The number of hydrogen-bond donors (Lipinski definition) is 1. The Bertz CT molecular complexity index is 868. The van der Waals surface area contributed by atoms with Crippen LogP contribution < -0.4 is 5.32 Å². The summed E-state index contributed by atoms with van der Waals surface area (Å²) in [5.41, 5.74) is 2.51. The molecule has 0 spiro atoms. The van der Waals surface area contributed by atoms with Crippen LogP contribution in [-0.2, 0) is 14.6 Å². The fourth-order valence-electron chi connectivity index (χ4n) is 2.57. The zero-order valence-corrected chi connectivity index (χ0v) is 13.5. The lowest BCUT2D eigenvalue weighted by Gasteiger charge is -2.10. The van der Waals surface area contributed by atoms with Crippen molar-refractivity contribution in [3.8, 4) is 5.69 Å². The summed E-state index contributed by atoms with van der Waals surface area (Å²) in [6.45, 7) is 1.95. The summed E-state index contributed by atoms with van der Waals surface area (Å²) in [5, 5.41) is 8.23. The van der Waals surface area contributed by atoms with Crippen LogP contribution in [0.3, 0.4) is 0 Å². The molecule has 1 N–H and O–H groups in total. The minimum atomic E-state index is -3.13. The highest BCUT2D eigenvalue weighted by atomic mass is 32.2. The van der Waals surface area contributed by atoms with Crippen LogP contribution in [0.1, 0.15) is 12.1 Å². The molecule has 6 nitrogen and oxygen atoms in total. The molecule has 1 aromatic heterocycles. The lowest BCUT2D eigenvalue weighted by Crippen LogP contribution is -2.17. The minimum absolute atomic E-state index is 0.00689. The monoisotopic (exact) mass is 331 g/mol. The van der Waals surface area contributed by atoms with Crippen LogP contribution in [0.4, 0.5) is 5.69 Å². The molecule has 2 aromatic rings. The van der Waals surface area contributed by atoms with Crippen molar-refractivity contribution in [1.29, 1.82) is 0 Å². The number of carbonyl (C=O) groups is 1. The van der Waals surface area contributed by atoms with Crippen molar-refractivity contribution >= 4 is 21.4 Å². The second-order valence-electron chi connectivity index (χ2n) is 5.61. The Kier molecular flexibility index (Phi) is 4.04. The molecule has 1 atom stereocenters. The Morgan fingerprint density at radius 3 is 2.87 bits per heavy atom. The summed E-state index contributed by atoms with van der Waals surface area (Å²) in [7, 11) is -3.13. The van der Waals surface area contributed by atoms with Gasteiger partial charge in [-0.05, 0) is 31.2 Å². The maximum atomic E-state index is 12.1. The lowest BCUT2D eigenvalue weighted by molar-refractivity contribution is -0.116. The van der Waals surface area contributed by atoms with Gasteiger partial charge >= 0.3 is 0 Å². The van der Waals surface area contributed by atoms with Crippen molar-refractivity contribution in [2.24, 2.45) is 5.92 Å². The van der Waals surface area contributed by atoms with Gasteiger partial charge in [0.1, 0.15) is 0 Å². The molecule has 0 fully saturated rings. The van der Waals surface area contributed by atoms with Crippen molar-refractivity contribution in [3.63, 3.8) is 0 Å². The van der Waals surface area contributed by atoms with E-state index in [1.807, 2.05) is 31.2 Å². The predicted octanol–water partition coefficient (Wildman–Crippen LogP) is 2.07. The third kappa shape index (κ3) is 3.68. The number of aryl methyl sites for hydroxylation is 1. The van der Waals surface area contributed by atoms with Crippen molar-refractivity contribution in [2.45, 2.75) is 13.3 Å². The number of nitrogens with one attached hydrogen (secondary N) is 1. The van der Waals surface area contributed by atoms with E-state index in [1.165, 1.54) is 5.41 Å². The average Bonchev–Trinajstić information content (AvgIpc) is 3.04. The molecule has 2 heterocycles. The first-order valence-corrected chi connectivity index (χ1v) is 8.96. The van der Waals surface area contributed by atoms with Gasteiger partial charge in [-0.2, -0.15) is 5.10 Å². The summed E-state index contributed by atoms with van der Waals surface area (Å²) in [6, 6.07) is 9.27. The topological polar surface area (TPSA) is 81.1 Å². The first kappa shape index (κ1) is 15.5. The van der Waals surface area contributed by atoms with Gasteiger partial charge in [0.15, 0.2) is 9.84 Å². The molecule has 1 aliphatic heterocycles. The van der Waals surface area contributed by atoms with Crippen LogP contribution in [0.15, 0.2) is 48.0 Å². The lowest BCUT2D eigenvalue weighted by atomic mass is 10.1. The summed E-state index contributed by atoms with van der Waals surface area (Å²) >= 11 is 0. The largest absolute Gasteiger partial charge is 0.326 e. The number of anilines is 1. The van der Waals surface area contributed by atoms with Gasteiger partial charge in [-0.15, -0.1) is 0 Å². The van der Waals surface area contributed by atoms with Gasteiger partial charge in [0.05, 0.1) is 11.4 Å². The van der Waals surface area contributed by atoms with E-state index >= 15 is 0 Å². The van der Waals surface area contributed by atoms with E-state index in [1.54, 1.807) is 23.0 Å². The highest BCUT2D eigenvalue weighted by molar-refractivity contribution is 7.94. The molecule has 1 amide bonds. The van der Waals surface area contributed by atoms with E-state index in [0.717, 1.165) is 11.4 Å². The Labute approximate surface area is 134 Å². The predicted molar refractivity (Wildman–Crippen MR) is 88.0 cm³/mol. The van der Waals surface area contributed by atoms with Crippen molar-refractivity contribution in [2.75, 3.05) is 11.1 Å². The van der Waals surface area contributed by atoms with Crippen LogP contribution >= 0.6 is 0 Å². The molecule has 7 heteroatoms. The number of carbonyl (C=O) groups excluding carboxylic acids is 1. The number of sulfone groups is 1. The van der Waals surface area contributed by atoms with E-state index in [-0.39, 0.29) is 24.0 Å². The molecule has 1 aliphatic rings. The van der Waals surface area contributed by atoms with Crippen LogP contribution in [0, 0.1) is 12.8 Å². The molecule has 23 heavy (non-hydrogen) atoms. The van der Waals surface area contributed by atoms with Gasteiger partial charge < -0.3 is 5.32 Å². The molecule has 0 bridgehead atoms. The molecular weight excluding hydrogens is 314 g/mol. The third-order valence-corrected chi connectivity index (χ3v) is 5.12. The minimum Gasteiger partial charge on any atom is -0.326 e. The first-order chi connectivity index (χ1) is 10.9. The van der Waals surface area contributed by atoms with Gasteiger partial charge in [0, 0.05) is 35.3 Å². The molecular formula is C16H17N3O3S. The number of benzene rings is 1. The van der Waals surface area contributed by atoms with Gasteiger partial charge in [-0.3, -0.25) is 4.79 Å². The molecule has 120 valence electrons. The Hall–Kier alpha value is -2.41. The maximum absolute atomic E-state index is 12.1. The molecule has 0 aliphatic carbocycles. The quantitative estimate of drug-likeness (QED) is 0.930. The fourth-order valence-corrected chi connectivity index (χ4v) is 3.97. The Morgan fingerprint density at radius 2 is 2.22 bits per heavy atom. The molecule has 0 unspecified atom stereocenters. The van der Waals surface area contributed by atoms with Crippen LogP contribution in [0.2, 0.25) is 0 Å². The number of aromatic nitrogens is 2. The first-order valence-electron chi connectivity index (χ1n) is 7.25. The van der Waals surface area contributed by atoms with E-state index in [4.69, 9.17) is 0 Å². The van der Waals surface area contributed by atoms with Gasteiger partial charge in [-0.25, -0.2) is 13.1 Å². The van der Waals surface area contributed by atoms with Crippen molar-refractivity contribution in [1.82, 2.24) is 9.78 Å².